The van der Waals surface area contributed by atoms with Crippen LogP contribution in [0, 0.1) is 0 Å². The predicted molar refractivity (Wildman–Crippen MR) is 79.2 cm³/mol. The first-order valence-corrected chi connectivity index (χ1v) is 7.62. The summed E-state index contributed by atoms with van der Waals surface area (Å²) in [6.45, 7) is -0.288. The SMILES string of the molecule is O=C([O-])CNC(=O)CCN1C(=O)[C@@H]2Cc3ccccc3CN2C1=O. The third-order valence-electron chi connectivity index (χ3n) is 4.27. The van der Waals surface area contributed by atoms with E-state index in [4.69, 9.17) is 0 Å². The normalized spacial score (nSPS) is 19.1. The average molecular weight is 330 g/mol. The summed E-state index contributed by atoms with van der Waals surface area (Å²) in [7, 11) is 0. The number of urea groups is 1. The van der Waals surface area contributed by atoms with E-state index >= 15 is 0 Å². The zero-order chi connectivity index (χ0) is 17.3. The lowest BCUT2D eigenvalue weighted by atomic mass is 9.95. The fraction of sp³-hybridized carbons (Fsp3) is 0.375. The van der Waals surface area contributed by atoms with E-state index in [9.17, 15) is 24.3 Å². The lowest BCUT2D eigenvalue weighted by Crippen LogP contribution is -2.40. The largest absolute Gasteiger partial charge is 0.548 e. The number of rotatable bonds is 5. The molecule has 1 fully saturated rings. The monoisotopic (exact) mass is 330 g/mol. The van der Waals surface area contributed by atoms with Crippen LogP contribution in [-0.2, 0) is 27.3 Å². The van der Waals surface area contributed by atoms with Crippen LogP contribution < -0.4 is 10.4 Å². The quantitative estimate of drug-likeness (QED) is 0.670. The third kappa shape index (κ3) is 2.94. The van der Waals surface area contributed by atoms with Crippen molar-refractivity contribution in [2.75, 3.05) is 13.1 Å². The molecular weight excluding hydrogens is 314 g/mol. The first kappa shape index (κ1) is 16.0. The highest BCUT2D eigenvalue weighted by molar-refractivity contribution is 6.04. The molecule has 0 saturated carbocycles. The Bertz CT molecular complexity index is 674. The van der Waals surface area contributed by atoms with Gasteiger partial charge in [-0.3, -0.25) is 14.5 Å². The Morgan fingerprint density at radius 2 is 1.92 bits per heavy atom. The van der Waals surface area contributed by atoms with Gasteiger partial charge in [-0.1, -0.05) is 24.3 Å². The molecule has 24 heavy (non-hydrogen) atoms. The summed E-state index contributed by atoms with van der Waals surface area (Å²) in [5.41, 5.74) is 2.07. The lowest BCUT2D eigenvalue weighted by Gasteiger charge is -2.28. The summed E-state index contributed by atoms with van der Waals surface area (Å²) in [5.74, 6) is -2.26. The Morgan fingerprint density at radius 1 is 1.21 bits per heavy atom. The molecule has 1 saturated heterocycles. The molecule has 0 bridgehead atoms. The van der Waals surface area contributed by atoms with Crippen LogP contribution in [0.15, 0.2) is 24.3 Å². The number of fused-ring (bicyclic) bond motifs is 2. The molecule has 1 aromatic rings. The molecule has 3 rings (SSSR count). The van der Waals surface area contributed by atoms with Gasteiger partial charge in [-0.15, -0.1) is 0 Å². The Balaban J connectivity index is 1.64. The van der Waals surface area contributed by atoms with E-state index in [0.717, 1.165) is 16.0 Å². The molecule has 0 aromatic heterocycles. The molecule has 1 atom stereocenters. The second-order valence-electron chi connectivity index (χ2n) is 5.79. The van der Waals surface area contributed by atoms with Crippen molar-refractivity contribution in [3.05, 3.63) is 35.4 Å². The van der Waals surface area contributed by atoms with Crippen LogP contribution in [0.1, 0.15) is 17.5 Å². The van der Waals surface area contributed by atoms with Crippen molar-refractivity contribution in [1.29, 1.82) is 0 Å². The second kappa shape index (κ2) is 6.31. The smallest absolute Gasteiger partial charge is 0.327 e. The minimum atomic E-state index is -1.40. The van der Waals surface area contributed by atoms with Crippen molar-refractivity contribution in [1.82, 2.24) is 15.1 Å². The van der Waals surface area contributed by atoms with Gasteiger partial charge in [0.2, 0.25) is 5.91 Å². The number of hydrogen-bond donors (Lipinski definition) is 1. The number of amides is 4. The van der Waals surface area contributed by atoms with E-state index in [1.807, 2.05) is 24.3 Å². The number of aliphatic carboxylic acids is 1. The molecule has 126 valence electrons. The molecule has 2 heterocycles. The molecule has 2 aliphatic rings. The van der Waals surface area contributed by atoms with Crippen LogP contribution in [0.25, 0.3) is 0 Å². The molecule has 1 N–H and O–H groups in total. The number of carbonyl (C=O) groups excluding carboxylic acids is 4. The summed E-state index contributed by atoms with van der Waals surface area (Å²) in [5, 5.41) is 12.4. The first-order chi connectivity index (χ1) is 11.5. The van der Waals surface area contributed by atoms with Gasteiger partial charge < -0.3 is 20.1 Å². The molecule has 2 aliphatic heterocycles. The molecule has 0 radical (unpaired) electrons. The van der Waals surface area contributed by atoms with Crippen LogP contribution in [0.4, 0.5) is 4.79 Å². The molecule has 0 unspecified atom stereocenters. The fourth-order valence-electron chi connectivity index (χ4n) is 3.05. The first-order valence-electron chi connectivity index (χ1n) is 7.62. The summed E-state index contributed by atoms with van der Waals surface area (Å²) >= 11 is 0. The van der Waals surface area contributed by atoms with Crippen molar-refractivity contribution in [3.63, 3.8) is 0 Å². The molecule has 8 nitrogen and oxygen atoms in total. The van der Waals surface area contributed by atoms with E-state index in [2.05, 4.69) is 5.32 Å². The van der Waals surface area contributed by atoms with Crippen molar-refractivity contribution in [2.24, 2.45) is 0 Å². The van der Waals surface area contributed by atoms with Crippen LogP contribution >= 0.6 is 0 Å². The van der Waals surface area contributed by atoms with Crippen molar-refractivity contribution < 1.29 is 24.3 Å². The van der Waals surface area contributed by atoms with Gasteiger partial charge in [-0.05, 0) is 11.1 Å². The zero-order valence-corrected chi connectivity index (χ0v) is 12.9. The fourth-order valence-corrected chi connectivity index (χ4v) is 3.05. The Hall–Kier alpha value is -2.90. The highest BCUT2D eigenvalue weighted by atomic mass is 16.4. The van der Waals surface area contributed by atoms with Gasteiger partial charge in [-0.25, -0.2) is 4.79 Å². The molecule has 8 heteroatoms. The minimum Gasteiger partial charge on any atom is -0.548 e. The van der Waals surface area contributed by atoms with Gasteiger partial charge in [0.15, 0.2) is 0 Å². The predicted octanol–water partition coefficient (Wildman–Crippen LogP) is -1.37. The van der Waals surface area contributed by atoms with Crippen molar-refractivity contribution in [3.8, 4) is 0 Å². The van der Waals surface area contributed by atoms with E-state index in [0.29, 0.717) is 13.0 Å². The van der Waals surface area contributed by atoms with Crippen LogP contribution in [0.5, 0.6) is 0 Å². The summed E-state index contributed by atoms with van der Waals surface area (Å²) in [6, 6.07) is 6.72. The number of nitrogens with zero attached hydrogens (tertiary/aromatic N) is 2. The number of hydrogen-bond acceptors (Lipinski definition) is 5. The van der Waals surface area contributed by atoms with Crippen molar-refractivity contribution in [2.45, 2.75) is 25.4 Å². The Morgan fingerprint density at radius 3 is 2.62 bits per heavy atom. The summed E-state index contributed by atoms with van der Waals surface area (Å²) in [4.78, 5) is 49.3. The molecule has 0 aliphatic carbocycles. The van der Waals surface area contributed by atoms with Crippen LogP contribution in [-0.4, -0.2) is 52.7 Å². The number of carboxylic acid groups (broad SMARTS) is 1. The van der Waals surface area contributed by atoms with E-state index in [-0.39, 0.29) is 18.9 Å². The van der Waals surface area contributed by atoms with Gasteiger partial charge in [0.25, 0.3) is 5.91 Å². The molecule has 0 spiro atoms. The number of carbonyl (C=O) groups is 4. The second-order valence-corrected chi connectivity index (χ2v) is 5.79. The van der Waals surface area contributed by atoms with Gasteiger partial charge in [0, 0.05) is 25.9 Å². The highest BCUT2D eigenvalue weighted by Crippen LogP contribution is 2.29. The molecule has 1 aromatic carbocycles. The maximum Gasteiger partial charge on any atom is 0.327 e. The van der Waals surface area contributed by atoms with E-state index in [1.54, 1.807) is 0 Å². The number of carboxylic acids is 1. The standard InChI is InChI=1S/C16H17N3O5/c20-13(17-8-14(21)22)5-6-18-15(23)12-7-10-3-1-2-4-11(10)9-19(12)16(18)24/h1-4,12H,5-9H2,(H,17,20)(H,21,22)/p-1/t12-/m0/s1. The maximum atomic E-state index is 12.5. The third-order valence-corrected chi connectivity index (χ3v) is 4.27. The molecule has 4 amide bonds. The Kier molecular flexibility index (Phi) is 4.20. The number of nitrogens with one attached hydrogen (secondary N) is 1. The van der Waals surface area contributed by atoms with E-state index in [1.165, 1.54) is 4.90 Å². The van der Waals surface area contributed by atoms with Gasteiger partial charge >= 0.3 is 6.03 Å². The van der Waals surface area contributed by atoms with Crippen LogP contribution in [0.3, 0.4) is 0 Å². The summed E-state index contributed by atoms with van der Waals surface area (Å²) < 4.78 is 0. The highest BCUT2D eigenvalue weighted by Gasteiger charge is 2.46. The number of benzene rings is 1. The summed E-state index contributed by atoms with van der Waals surface area (Å²) in [6.07, 6.45) is 0.326. The Labute approximate surface area is 138 Å². The maximum absolute atomic E-state index is 12.5. The minimum absolute atomic E-state index is 0.0696. The molecular formula is C16H16N3O5-. The van der Waals surface area contributed by atoms with Gasteiger partial charge in [0.1, 0.15) is 6.04 Å². The van der Waals surface area contributed by atoms with Gasteiger partial charge in [-0.2, -0.15) is 0 Å². The lowest BCUT2D eigenvalue weighted by molar-refractivity contribution is -0.304. The van der Waals surface area contributed by atoms with Crippen LogP contribution in [0.2, 0.25) is 0 Å². The topological polar surface area (TPSA) is 110 Å². The zero-order valence-electron chi connectivity index (χ0n) is 12.9. The number of imide groups is 1. The van der Waals surface area contributed by atoms with Gasteiger partial charge in [0.05, 0.1) is 12.5 Å². The van der Waals surface area contributed by atoms with E-state index < -0.39 is 30.5 Å². The van der Waals surface area contributed by atoms with Crippen molar-refractivity contribution >= 4 is 23.8 Å². The average Bonchev–Trinajstić information content (AvgIpc) is 2.80.